The lowest BCUT2D eigenvalue weighted by molar-refractivity contribution is -0.138. The van der Waals surface area contributed by atoms with Crippen LogP contribution in [0.5, 0.6) is 0 Å². The smallest absolute Gasteiger partial charge is 0.323 e. The summed E-state index contributed by atoms with van der Waals surface area (Å²) in [5.41, 5.74) is -0.562. The fourth-order valence-electron chi connectivity index (χ4n) is 1.66. The Morgan fingerprint density at radius 1 is 1.45 bits per heavy atom. The topological polar surface area (TPSA) is 100 Å². The summed E-state index contributed by atoms with van der Waals surface area (Å²) in [5, 5.41) is 19.2. The van der Waals surface area contributed by atoms with Crippen molar-refractivity contribution in [3.05, 3.63) is 12.2 Å². The third-order valence-corrected chi connectivity index (χ3v) is 2.78. The van der Waals surface area contributed by atoms with E-state index in [4.69, 9.17) is 5.11 Å². The summed E-state index contributed by atoms with van der Waals surface area (Å²) in [4.78, 5) is 24.2. The molecular weight excluding hydrogens is 262 g/mol. The largest absolute Gasteiger partial charge is 0.480 e. The monoisotopic (exact) mass is 283 g/mol. The molecule has 2 N–H and O–H groups in total. The van der Waals surface area contributed by atoms with Crippen LogP contribution in [-0.4, -0.2) is 55.4 Å². The van der Waals surface area contributed by atoms with E-state index in [2.05, 4.69) is 15.5 Å². The second kappa shape index (κ2) is 6.36. The highest BCUT2D eigenvalue weighted by atomic mass is 16.4. The minimum Gasteiger partial charge on any atom is -0.480 e. The molecule has 0 spiro atoms. The number of carbonyl (C=O) groups is 2. The maximum Gasteiger partial charge on any atom is 0.323 e. The first-order chi connectivity index (χ1) is 9.21. The number of hydrogen-bond donors (Lipinski definition) is 2. The SMILES string of the molecule is Cn1cnnc1CCNC(=O)N(CC(=O)O)C(C)(C)C. The fourth-order valence-corrected chi connectivity index (χ4v) is 1.66. The number of aryl methyl sites for hydroxylation is 1. The normalized spacial score (nSPS) is 11.2. The molecule has 8 heteroatoms. The van der Waals surface area contributed by atoms with Gasteiger partial charge in [0.1, 0.15) is 18.7 Å². The zero-order chi connectivity index (χ0) is 15.3. The number of aliphatic carboxylic acids is 1. The lowest BCUT2D eigenvalue weighted by atomic mass is 10.1. The molecule has 20 heavy (non-hydrogen) atoms. The Hall–Kier alpha value is -2.12. The number of urea groups is 1. The Balaban J connectivity index is 2.54. The maximum absolute atomic E-state index is 12.0. The molecule has 1 aromatic rings. The first-order valence-electron chi connectivity index (χ1n) is 6.32. The molecule has 0 atom stereocenters. The van der Waals surface area contributed by atoms with Gasteiger partial charge < -0.3 is 19.9 Å². The van der Waals surface area contributed by atoms with Crippen molar-refractivity contribution in [2.75, 3.05) is 13.1 Å². The predicted octanol–water partition coefficient (Wildman–Crippen LogP) is 0.252. The second-order valence-electron chi connectivity index (χ2n) is 5.49. The molecular formula is C12H21N5O3. The molecule has 8 nitrogen and oxygen atoms in total. The molecule has 0 bridgehead atoms. The number of carboxylic acids is 1. The number of amides is 2. The number of rotatable bonds is 5. The highest BCUT2D eigenvalue weighted by Crippen LogP contribution is 2.12. The second-order valence-corrected chi connectivity index (χ2v) is 5.49. The molecule has 0 aromatic carbocycles. The Bertz CT molecular complexity index is 478. The van der Waals surface area contributed by atoms with Crippen molar-refractivity contribution in [3.63, 3.8) is 0 Å². The highest BCUT2D eigenvalue weighted by molar-refractivity contribution is 5.80. The minimum atomic E-state index is -1.04. The van der Waals surface area contributed by atoms with Gasteiger partial charge in [-0.15, -0.1) is 10.2 Å². The molecule has 112 valence electrons. The fraction of sp³-hybridized carbons (Fsp3) is 0.667. The van der Waals surface area contributed by atoms with Gasteiger partial charge >= 0.3 is 12.0 Å². The van der Waals surface area contributed by atoms with Crippen molar-refractivity contribution in [1.29, 1.82) is 0 Å². The molecule has 2 amide bonds. The summed E-state index contributed by atoms with van der Waals surface area (Å²) in [6.07, 6.45) is 2.12. The van der Waals surface area contributed by atoms with Gasteiger partial charge in [-0.25, -0.2) is 4.79 Å². The highest BCUT2D eigenvalue weighted by Gasteiger charge is 2.28. The summed E-state index contributed by atoms with van der Waals surface area (Å²) in [5.74, 6) is -0.283. The maximum atomic E-state index is 12.0. The van der Waals surface area contributed by atoms with Crippen LogP contribution >= 0.6 is 0 Å². The standard InChI is InChI=1S/C12H21N5O3/c1-12(2,3)17(7-10(18)19)11(20)13-6-5-9-15-14-8-16(9)4/h8H,5-7H2,1-4H3,(H,13,20)(H,18,19). The van der Waals surface area contributed by atoms with Gasteiger partial charge in [0.2, 0.25) is 0 Å². The van der Waals surface area contributed by atoms with Gasteiger partial charge in [-0.1, -0.05) is 0 Å². The molecule has 0 aliphatic carbocycles. The van der Waals surface area contributed by atoms with E-state index in [1.165, 1.54) is 4.90 Å². The van der Waals surface area contributed by atoms with Crippen LogP contribution in [0, 0.1) is 0 Å². The lowest BCUT2D eigenvalue weighted by Gasteiger charge is -2.34. The summed E-state index contributed by atoms with van der Waals surface area (Å²) >= 11 is 0. The van der Waals surface area contributed by atoms with E-state index in [0.717, 1.165) is 5.82 Å². The summed E-state index contributed by atoms with van der Waals surface area (Å²) < 4.78 is 1.77. The Morgan fingerprint density at radius 3 is 2.55 bits per heavy atom. The Kier molecular flexibility index (Phi) is 5.06. The van der Waals surface area contributed by atoms with E-state index in [0.29, 0.717) is 13.0 Å². The van der Waals surface area contributed by atoms with Crippen molar-refractivity contribution in [2.24, 2.45) is 7.05 Å². The minimum absolute atomic E-state index is 0.334. The van der Waals surface area contributed by atoms with Crippen molar-refractivity contribution in [3.8, 4) is 0 Å². The average Bonchev–Trinajstić information content (AvgIpc) is 2.70. The van der Waals surface area contributed by atoms with Crippen LogP contribution in [0.25, 0.3) is 0 Å². The molecule has 0 aliphatic rings. The molecule has 1 rings (SSSR count). The van der Waals surface area contributed by atoms with Gasteiger partial charge in [0.15, 0.2) is 0 Å². The van der Waals surface area contributed by atoms with Crippen molar-refractivity contribution >= 4 is 12.0 Å². The lowest BCUT2D eigenvalue weighted by Crippen LogP contribution is -2.52. The van der Waals surface area contributed by atoms with Crippen molar-refractivity contribution < 1.29 is 14.7 Å². The zero-order valence-corrected chi connectivity index (χ0v) is 12.3. The molecule has 0 fully saturated rings. The molecule has 0 saturated carbocycles. The number of carboxylic acid groups (broad SMARTS) is 1. The molecule has 1 heterocycles. The van der Waals surface area contributed by atoms with E-state index < -0.39 is 17.5 Å². The van der Waals surface area contributed by atoms with Crippen molar-refractivity contribution in [1.82, 2.24) is 25.0 Å². The van der Waals surface area contributed by atoms with Crippen LogP contribution in [-0.2, 0) is 18.3 Å². The number of aromatic nitrogens is 3. The molecule has 0 unspecified atom stereocenters. The summed E-state index contributed by atoms with van der Waals surface area (Å²) in [7, 11) is 1.82. The quantitative estimate of drug-likeness (QED) is 0.807. The zero-order valence-electron chi connectivity index (χ0n) is 12.3. The van der Waals surface area contributed by atoms with Crippen LogP contribution in [0.15, 0.2) is 6.33 Å². The van der Waals surface area contributed by atoms with Crippen LogP contribution in [0.2, 0.25) is 0 Å². The van der Waals surface area contributed by atoms with Crippen LogP contribution in [0.4, 0.5) is 4.79 Å². The third-order valence-electron chi connectivity index (χ3n) is 2.78. The third kappa shape index (κ3) is 4.52. The van der Waals surface area contributed by atoms with Crippen LogP contribution < -0.4 is 5.32 Å². The van der Waals surface area contributed by atoms with E-state index in [1.54, 1.807) is 31.7 Å². The first kappa shape index (κ1) is 15.9. The number of carbonyl (C=O) groups excluding carboxylic acids is 1. The van der Waals surface area contributed by atoms with Gasteiger partial charge in [0.05, 0.1) is 0 Å². The average molecular weight is 283 g/mol. The number of nitrogens with zero attached hydrogens (tertiary/aromatic N) is 4. The van der Waals surface area contributed by atoms with Gasteiger partial charge in [-0.2, -0.15) is 0 Å². The molecule has 0 saturated heterocycles. The van der Waals surface area contributed by atoms with E-state index in [-0.39, 0.29) is 6.54 Å². The molecule has 0 radical (unpaired) electrons. The van der Waals surface area contributed by atoms with Gasteiger partial charge in [0.25, 0.3) is 0 Å². The summed E-state index contributed by atoms with van der Waals surface area (Å²) in [6.45, 7) is 5.41. The van der Waals surface area contributed by atoms with Gasteiger partial charge in [-0.05, 0) is 20.8 Å². The van der Waals surface area contributed by atoms with E-state index in [1.807, 2.05) is 7.05 Å². The number of nitrogens with one attached hydrogen (secondary N) is 1. The van der Waals surface area contributed by atoms with Crippen molar-refractivity contribution in [2.45, 2.75) is 32.7 Å². The molecule has 1 aromatic heterocycles. The van der Waals surface area contributed by atoms with Gasteiger partial charge in [0, 0.05) is 25.6 Å². The van der Waals surface area contributed by atoms with Gasteiger partial charge in [-0.3, -0.25) is 4.79 Å². The number of hydrogen-bond acceptors (Lipinski definition) is 4. The predicted molar refractivity (Wildman–Crippen MR) is 72.2 cm³/mol. The van der Waals surface area contributed by atoms with E-state index >= 15 is 0 Å². The summed E-state index contributed by atoms with van der Waals surface area (Å²) in [6, 6.07) is -0.401. The Morgan fingerprint density at radius 2 is 2.10 bits per heavy atom. The first-order valence-corrected chi connectivity index (χ1v) is 6.32. The van der Waals surface area contributed by atoms with Crippen LogP contribution in [0.1, 0.15) is 26.6 Å². The molecule has 0 aliphatic heterocycles. The van der Waals surface area contributed by atoms with Crippen LogP contribution in [0.3, 0.4) is 0 Å². The Labute approximate surface area is 117 Å². The van der Waals surface area contributed by atoms with E-state index in [9.17, 15) is 9.59 Å².